The lowest BCUT2D eigenvalue weighted by molar-refractivity contribution is 0.0692. The molecule has 130 valence electrons. The van der Waals surface area contributed by atoms with Gasteiger partial charge < -0.3 is 25.0 Å². The van der Waals surface area contributed by atoms with Gasteiger partial charge in [0, 0.05) is 6.07 Å². The molecule has 0 aliphatic carbocycles. The van der Waals surface area contributed by atoms with Crippen molar-refractivity contribution in [3.63, 3.8) is 0 Å². The van der Waals surface area contributed by atoms with Crippen molar-refractivity contribution in [1.82, 2.24) is 0 Å². The Morgan fingerprint density at radius 2 is 1.60 bits per heavy atom. The number of carboxylic acids is 2. The molecule has 2 aromatic rings. The Balaban J connectivity index is 2.38. The molecular formula is C17H15NO7. The molecule has 0 fully saturated rings. The molecule has 0 aromatic heterocycles. The Kier molecular flexibility index (Phi) is 5.23. The number of hydrogen-bond acceptors (Lipinski definition) is 5. The van der Waals surface area contributed by atoms with Gasteiger partial charge in [-0.25, -0.2) is 9.59 Å². The molecule has 0 saturated heterocycles. The summed E-state index contributed by atoms with van der Waals surface area (Å²) < 4.78 is 10.2. The fourth-order valence-corrected chi connectivity index (χ4v) is 2.14. The highest BCUT2D eigenvalue weighted by Gasteiger charge is 2.20. The van der Waals surface area contributed by atoms with E-state index in [1.165, 1.54) is 14.2 Å². The largest absolute Gasteiger partial charge is 0.497 e. The number of ether oxygens (including phenoxy) is 2. The van der Waals surface area contributed by atoms with Crippen LogP contribution in [0.2, 0.25) is 0 Å². The minimum absolute atomic E-state index is 0.171. The monoisotopic (exact) mass is 345 g/mol. The van der Waals surface area contributed by atoms with Crippen LogP contribution in [0.3, 0.4) is 0 Å². The molecule has 0 saturated carbocycles. The maximum absolute atomic E-state index is 12.4. The quantitative estimate of drug-likeness (QED) is 0.734. The van der Waals surface area contributed by atoms with Crippen molar-refractivity contribution < 1.29 is 34.1 Å². The SMILES string of the molecule is COc1ccc(NC(=O)c2ccc(C(=O)O)cc2C(=O)O)c(OC)c1. The average Bonchev–Trinajstić information content (AvgIpc) is 2.61. The van der Waals surface area contributed by atoms with Crippen molar-refractivity contribution in [3.8, 4) is 11.5 Å². The van der Waals surface area contributed by atoms with E-state index in [1.54, 1.807) is 18.2 Å². The Bertz CT molecular complexity index is 845. The van der Waals surface area contributed by atoms with Crippen LogP contribution < -0.4 is 14.8 Å². The van der Waals surface area contributed by atoms with Crippen molar-refractivity contribution in [1.29, 1.82) is 0 Å². The molecule has 25 heavy (non-hydrogen) atoms. The van der Waals surface area contributed by atoms with Crippen LogP contribution in [-0.4, -0.2) is 42.3 Å². The third-order valence-electron chi connectivity index (χ3n) is 3.40. The summed E-state index contributed by atoms with van der Waals surface area (Å²) in [6.07, 6.45) is 0. The smallest absolute Gasteiger partial charge is 0.336 e. The van der Waals surface area contributed by atoms with Gasteiger partial charge in [-0.3, -0.25) is 4.79 Å². The van der Waals surface area contributed by atoms with Crippen molar-refractivity contribution in [3.05, 3.63) is 53.1 Å². The van der Waals surface area contributed by atoms with Gasteiger partial charge in [0.2, 0.25) is 0 Å². The van der Waals surface area contributed by atoms with Gasteiger partial charge >= 0.3 is 11.9 Å². The number of amides is 1. The third kappa shape index (κ3) is 3.86. The van der Waals surface area contributed by atoms with E-state index < -0.39 is 23.4 Å². The zero-order valence-electron chi connectivity index (χ0n) is 13.4. The van der Waals surface area contributed by atoms with E-state index in [2.05, 4.69) is 5.32 Å². The zero-order chi connectivity index (χ0) is 18.6. The molecule has 0 aliphatic heterocycles. The first-order chi connectivity index (χ1) is 11.9. The molecule has 0 radical (unpaired) electrons. The second-order valence-corrected chi connectivity index (χ2v) is 4.89. The number of rotatable bonds is 6. The molecular weight excluding hydrogens is 330 g/mol. The van der Waals surface area contributed by atoms with Crippen molar-refractivity contribution >= 4 is 23.5 Å². The van der Waals surface area contributed by atoms with Gasteiger partial charge in [-0.2, -0.15) is 0 Å². The second kappa shape index (κ2) is 7.35. The third-order valence-corrected chi connectivity index (χ3v) is 3.40. The highest BCUT2D eigenvalue weighted by molar-refractivity contribution is 6.12. The predicted octanol–water partition coefficient (Wildman–Crippen LogP) is 2.35. The molecule has 0 bridgehead atoms. The van der Waals surface area contributed by atoms with Gasteiger partial charge in [0.15, 0.2) is 0 Å². The number of carboxylic acid groups (broad SMARTS) is 2. The number of methoxy groups -OCH3 is 2. The van der Waals surface area contributed by atoms with Crippen molar-refractivity contribution in [2.45, 2.75) is 0 Å². The van der Waals surface area contributed by atoms with Gasteiger partial charge in [-0.15, -0.1) is 0 Å². The summed E-state index contributed by atoms with van der Waals surface area (Å²) in [5.41, 5.74) is -0.497. The van der Waals surface area contributed by atoms with E-state index in [0.717, 1.165) is 18.2 Å². The topological polar surface area (TPSA) is 122 Å². The highest BCUT2D eigenvalue weighted by Crippen LogP contribution is 2.29. The van der Waals surface area contributed by atoms with Gasteiger partial charge in [0.25, 0.3) is 5.91 Å². The fourth-order valence-electron chi connectivity index (χ4n) is 2.14. The summed E-state index contributed by atoms with van der Waals surface area (Å²) in [6.45, 7) is 0. The summed E-state index contributed by atoms with van der Waals surface area (Å²) in [5, 5.41) is 20.7. The number of carbonyl (C=O) groups is 3. The van der Waals surface area contributed by atoms with Crippen LogP contribution in [0.1, 0.15) is 31.1 Å². The van der Waals surface area contributed by atoms with Crippen molar-refractivity contribution in [2.24, 2.45) is 0 Å². The summed E-state index contributed by atoms with van der Waals surface area (Å²) in [7, 11) is 2.89. The molecule has 0 spiro atoms. The number of aromatic carboxylic acids is 2. The Morgan fingerprint density at radius 3 is 2.16 bits per heavy atom. The maximum atomic E-state index is 12.4. The molecule has 0 heterocycles. The first kappa shape index (κ1) is 17.8. The van der Waals surface area contributed by atoms with Crippen LogP contribution in [0.5, 0.6) is 11.5 Å². The first-order valence-electron chi connectivity index (χ1n) is 7.01. The molecule has 8 heteroatoms. The average molecular weight is 345 g/mol. The number of benzene rings is 2. The standard InChI is InChI=1S/C17H15NO7/c1-24-10-4-6-13(14(8-10)25-2)18-15(19)11-5-3-9(16(20)21)7-12(11)17(22)23/h3-8H,1-2H3,(H,18,19)(H,20,21)(H,22,23). The Hall–Kier alpha value is -3.55. The molecule has 1 amide bonds. The second-order valence-electron chi connectivity index (χ2n) is 4.89. The van der Waals surface area contributed by atoms with Crippen LogP contribution in [0.4, 0.5) is 5.69 Å². The number of hydrogen-bond donors (Lipinski definition) is 3. The first-order valence-corrected chi connectivity index (χ1v) is 7.01. The Morgan fingerprint density at radius 1 is 0.880 bits per heavy atom. The van der Waals surface area contributed by atoms with Gasteiger partial charge in [0.1, 0.15) is 11.5 Å². The Labute approximate surface area is 142 Å². The van der Waals surface area contributed by atoms with Crippen LogP contribution in [0.25, 0.3) is 0 Å². The lowest BCUT2D eigenvalue weighted by atomic mass is 10.0. The fraction of sp³-hybridized carbons (Fsp3) is 0.118. The minimum Gasteiger partial charge on any atom is -0.497 e. The molecule has 2 rings (SSSR count). The molecule has 0 unspecified atom stereocenters. The molecule has 2 aromatic carbocycles. The van der Waals surface area contributed by atoms with Crippen molar-refractivity contribution in [2.75, 3.05) is 19.5 Å². The van der Waals surface area contributed by atoms with E-state index in [-0.39, 0.29) is 11.1 Å². The minimum atomic E-state index is -1.41. The zero-order valence-corrected chi connectivity index (χ0v) is 13.4. The summed E-state index contributed by atoms with van der Waals surface area (Å²) >= 11 is 0. The van der Waals surface area contributed by atoms with E-state index in [1.807, 2.05) is 0 Å². The van der Waals surface area contributed by atoms with Crippen LogP contribution in [-0.2, 0) is 0 Å². The van der Waals surface area contributed by atoms with Gasteiger partial charge in [0.05, 0.1) is 36.6 Å². The van der Waals surface area contributed by atoms with Crippen LogP contribution >= 0.6 is 0 Å². The number of nitrogens with one attached hydrogen (secondary N) is 1. The maximum Gasteiger partial charge on any atom is 0.336 e. The van der Waals surface area contributed by atoms with E-state index in [0.29, 0.717) is 17.2 Å². The molecule has 3 N–H and O–H groups in total. The molecule has 0 atom stereocenters. The summed E-state index contributed by atoms with van der Waals surface area (Å²) in [4.78, 5) is 34.8. The highest BCUT2D eigenvalue weighted by atomic mass is 16.5. The lowest BCUT2D eigenvalue weighted by Gasteiger charge is -2.13. The van der Waals surface area contributed by atoms with E-state index >= 15 is 0 Å². The number of anilines is 1. The summed E-state index contributed by atoms with van der Waals surface area (Å²) in [5.74, 6) is -2.56. The van der Waals surface area contributed by atoms with Crippen LogP contribution in [0, 0.1) is 0 Å². The van der Waals surface area contributed by atoms with E-state index in [9.17, 15) is 19.5 Å². The molecule has 0 aliphatic rings. The normalized spacial score (nSPS) is 10.0. The van der Waals surface area contributed by atoms with Gasteiger partial charge in [-0.05, 0) is 30.3 Å². The van der Waals surface area contributed by atoms with Crippen LogP contribution in [0.15, 0.2) is 36.4 Å². The lowest BCUT2D eigenvalue weighted by Crippen LogP contribution is -2.17. The predicted molar refractivity (Wildman–Crippen MR) is 87.9 cm³/mol. The number of carbonyl (C=O) groups excluding carboxylic acids is 1. The van der Waals surface area contributed by atoms with Gasteiger partial charge in [-0.1, -0.05) is 0 Å². The molecule has 8 nitrogen and oxygen atoms in total. The van der Waals surface area contributed by atoms with E-state index in [4.69, 9.17) is 14.6 Å². The summed E-state index contributed by atoms with van der Waals surface area (Å²) in [6, 6.07) is 7.95.